The predicted octanol–water partition coefficient (Wildman–Crippen LogP) is 3.83. The first kappa shape index (κ1) is 13.7. The van der Waals surface area contributed by atoms with Crippen LogP contribution in [0, 0.1) is 0 Å². The molecule has 0 radical (unpaired) electrons. The van der Waals surface area contributed by atoms with Gasteiger partial charge in [-0.3, -0.25) is 0 Å². The van der Waals surface area contributed by atoms with E-state index in [4.69, 9.17) is 22.1 Å². The van der Waals surface area contributed by atoms with Crippen LogP contribution in [-0.2, 0) is 4.74 Å². The highest BCUT2D eigenvalue weighted by molar-refractivity contribution is 7.99. The lowest BCUT2D eigenvalue weighted by atomic mass is 10.3. The minimum atomic E-state index is 0.726. The third-order valence-corrected chi connectivity index (χ3v) is 3.37. The second-order valence-electron chi connectivity index (χ2n) is 3.50. The number of nitrogen functional groups attached to an aromatic ring is 1. The first-order valence-electron chi connectivity index (χ1n) is 5.49. The van der Waals surface area contributed by atoms with Crippen molar-refractivity contribution in [2.75, 3.05) is 24.7 Å². The molecule has 16 heavy (non-hydrogen) atoms. The lowest BCUT2D eigenvalue weighted by Crippen LogP contribution is -1.99. The van der Waals surface area contributed by atoms with Crippen molar-refractivity contribution < 1.29 is 4.74 Å². The standard InChI is InChI=1S/C12H18ClNOS/c1-2-3-6-15-7-8-16-12-9-10(13)4-5-11(12)14/h4-5,9H,2-3,6-8,14H2,1H3. The zero-order valence-corrected chi connectivity index (χ0v) is 11.1. The molecular formula is C12H18ClNOS. The van der Waals surface area contributed by atoms with E-state index in [9.17, 15) is 0 Å². The Labute approximate surface area is 107 Å². The molecule has 0 amide bonds. The minimum absolute atomic E-state index is 0.726. The lowest BCUT2D eigenvalue weighted by molar-refractivity contribution is 0.147. The second-order valence-corrected chi connectivity index (χ2v) is 5.07. The van der Waals surface area contributed by atoms with Crippen LogP contribution in [0.1, 0.15) is 19.8 Å². The molecule has 0 atom stereocenters. The molecule has 0 fully saturated rings. The van der Waals surface area contributed by atoms with Gasteiger partial charge in [-0.15, -0.1) is 11.8 Å². The summed E-state index contributed by atoms with van der Waals surface area (Å²) in [7, 11) is 0. The van der Waals surface area contributed by atoms with Crippen LogP contribution in [0.25, 0.3) is 0 Å². The fourth-order valence-electron chi connectivity index (χ4n) is 1.19. The maximum absolute atomic E-state index is 5.90. The smallest absolute Gasteiger partial charge is 0.0560 e. The van der Waals surface area contributed by atoms with Crippen LogP contribution in [0.5, 0.6) is 0 Å². The summed E-state index contributed by atoms with van der Waals surface area (Å²) >= 11 is 7.58. The number of ether oxygens (including phenoxy) is 1. The van der Waals surface area contributed by atoms with Crippen molar-refractivity contribution in [1.29, 1.82) is 0 Å². The quantitative estimate of drug-likeness (QED) is 0.459. The Morgan fingerprint density at radius 1 is 1.38 bits per heavy atom. The largest absolute Gasteiger partial charge is 0.398 e. The molecule has 0 heterocycles. The molecule has 0 saturated carbocycles. The highest BCUT2D eigenvalue weighted by Gasteiger charge is 2.00. The van der Waals surface area contributed by atoms with Crippen LogP contribution < -0.4 is 5.73 Å². The fraction of sp³-hybridized carbons (Fsp3) is 0.500. The highest BCUT2D eigenvalue weighted by atomic mass is 35.5. The van der Waals surface area contributed by atoms with Gasteiger partial charge >= 0.3 is 0 Å². The average molecular weight is 260 g/mol. The Morgan fingerprint density at radius 2 is 2.19 bits per heavy atom. The first-order chi connectivity index (χ1) is 7.74. The van der Waals surface area contributed by atoms with Gasteiger partial charge in [0.05, 0.1) is 6.61 Å². The Balaban J connectivity index is 2.23. The number of benzene rings is 1. The zero-order valence-electron chi connectivity index (χ0n) is 9.54. The van der Waals surface area contributed by atoms with Crippen LogP contribution in [0.4, 0.5) is 5.69 Å². The van der Waals surface area contributed by atoms with Gasteiger partial charge in [-0.2, -0.15) is 0 Å². The molecule has 0 aromatic heterocycles. The van der Waals surface area contributed by atoms with Gasteiger partial charge in [-0.1, -0.05) is 24.9 Å². The van der Waals surface area contributed by atoms with E-state index in [1.165, 1.54) is 6.42 Å². The minimum Gasteiger partial charge on any atom is -0.398 e. The van der Waals surface area contributed by atoms with E-state index in [0.717, 1.165) is 41.0 Å². The van der Waals surface area contributed by atoms with E-state index < -0.39 is 0 Å². The number of rotatable bonds is 7. The molecule has 2 N–H and O–H groups in total. The molecule has 0 bridgehead atoms. The zero-order chi connectivity index (χ0) is 11.8. The number of unbranched alkanes of at least 4 members (excludes halogenated alkanes) is 1. The number of halogens is 1. The second kappa shape index (κ2) is 7.82. The number of thioether (sulfide) groups is 1. The van der Waals surface area contributed by atoms with Gasteiger partial charge in [0.15, 0.2) is 0 Å². The van der Waals surface area contributed by atoms with Crippen LogP contribution in [-0.4, -0.2) is 19.0 Å². The normalized spacial score (nSPS) is 10.6. The Hall–Kier alpha value is -0.380. The maximum atomic E-state index is 5.90. The van der Waals surface area contributed by atoms with Gasteiger partial charge in [0.1, 0.15) is 0 Å². The topological polar surface area (TPSA) is 35.2 Å². The van der Waals surface area contributed by atoms with E-state index in [2.05, 4.69) is 6.92 Å². The van der Waals surface area contributed by atoms with Gasteiger partial charge in [0.25, 0.3) is 0 Å². The van der Waals surface area contributed by atoms with Crippen molar-refractivity contribution in [2.24, 2.45) is 0 Å². The summed E-state index contributed by atoms with van der Waals surface area (Å²) < 4.78 is 5.47. The summed E-state index contributed by atoms with van der Waals surface area (Å²) in [5, 5.41) is 0.726. The van der Waals surface area contributed by atoms with Crippen LogP contribution in [0.15, 0.2) is 23.1 Å². The monoisotopic (exact) mass is 259 g/mol. The third-order valence-electron chi connectivity index (χ3n) is 2.10. The fourth-order valence-corrected chi connectivity index (χ4v) is 2.30. The molecule has 0 saturated heterocycles. The van der Waals surface area contributed by atoms with E-state index in [1.54, 1.807) is 17.8 Å². The molecule has 1 aromatic rings. The van der Waals surface area contributed by atoms with Crippen LogP contribution in [0.2, 0.25) is 5.02 Å². The molecule has 0 aliphatic carbocycles. The van der Waals surface area contributed by atoms with Gasteiger partial charge in [-0.05, 0) is 24.6 Å². The first-order valence-corrected chi connectivity index (χ1v) is 6.86. The molecule has 2 nitrogen and oxygen atoms in total. The molecule has 1 rings (SSSR count). The van der Waals surface area contributed by atoms with E-state index in [0.29, 0.717) is 0 Å². The van der Waals surface area contributed by atoms with E-state index in [1.807, 2.05) is 12.1 Å². The van der Waals surface area contributed by atoms with Gasteiger partial charge < -0.3 is 10.5 Å². The maximum Gasteiger partial charge on any atom is 0.0560 e. The Kier molecular flexibility index (Phi) is 6.69. The average Bonchev–Trinajstić information content (AvgIpc) is 2.28. The summed E-state index contributed by atoms with van der Waals surface area (Å²) in [5.41, 5.74) is 6.61. The summed E-state index contributed by atoms with van der Waals surface area (Å²) in [6.45, 7) is 3.77. The van der Waals surface area contributed by atoms with Gasteiger partial charge in [-0.25, -0.2) is 0 Å². The number of anilines is 1. The lowest BCUT2D eigenvalue weighted by Gasteiger charge is -2.06. The van der Waals surface area contributed by atoms with Crippen molar-refractivity contribution in [3.8, 4) is 0 Å². The van der Waals surface area contributed by atoms with Crippen molar-refractivity contribution in [1.82, 2.24) is 0 Å². The van der Waals surface area contributed by atoms with E-state index in [-0.39, 0.29) is 0 Å². The summed E-state index contributed by atoms with van der Waals surface area (Å²) in [5.74, 6) is 0.911. The van der Waals surface area contributed by atoms with E-state index >= 15 is 0 Å². The molecule has 0 unspecified atom stereocenters. The van der Waals surface area contributed by atoms with Gasteiger partial charge in [0.2, 0.25) is 0 Å². The number of hydrogen-bond acceptors (Lipinski definition) is 3. The third kappa shape index (κ3) is 5.10. The molecule has 0 aliphatic rings. The van der Waals surface area contributed by atoms with Crippen molar-refractivity contribution in [2.45, 2.75) is 24.7 Å². The Morgan fingerprint density at radius 3 is 2.94 bits per heavy atom. The van der Waals surface area contributed by atoms with Crippen molar-refractivity contribution >= 4 is 29.1 Å². The summed E-state index contributed by atoms with van der Waals surface area (Å²) in [4.78, 5) is 1.03. The summed E-state index contributed by atoms with van der Waals surface area (Å²) in [6.07, 6.45) is 2.30. The molecule has 0 spiro atoms. The molecule has 1 aromatic carbocycles. The molecule has 0 aliphatic heterocycles. The molecular weight excluding hydrogens is 242 g/mol. The summed E-state index contributed by atoms with van der Waals surface area (Å²) in [6, 6.07) is 5.54. The van der Waals surface area contributed by atoms with Crippen molar-refractivity contribution in [3.05, 3.63) is 23.2 Å². The van der Waals surface area contributed by atoms with Gasteiger partial charge in [0, 0.05) is 28.0 Å². The van der Waals surface area contributed by atoms with Crippen LogP contribution in [0.3, 0.4) is 0 Å². The molecule has 4 heteroatoms. The molecule has 90 valence electrons. The number of nitrogens with two attached hydrogens (primary N) is 1. The van der Waals surface area contributed by atoms with Crippen LogP contribution >= 0.6 is 23.4 Å². The van der Waals surface area contributed by atoms with Crippen molar-refractivity contribution in [3.63, 3.8) is 0 Å². The number of hydrogen-bond donors (Lipinski definition) is 1. The SMILES string of the molecule is CCCCOCCSc1cc(Cl)ccc1N. The Bertz CT molecular complexity index is 320. The predicted molar refractivity (Wildman–Crippen MR) is 72.3 cm³/mol. The highest BCUT2D eigenvalue weighted by Crippen LogP contribution is 2.27.